The van der Waals surface area contributed by atoms with E-state index in [9.17, 15) is 14.4 Å². The molecule has 7 nitrogen and oxygen atoms in total. The third-order valence-corrected chi connectivity index (χ3v) is 5.00. The van der Waals surface area contributed by atoms with E-state index in [2.05, 4.69) is 15.3 Å². The molecule has 2 aromatic rings. The molecular weight excluding hydrogens is 388 g/mol. The minimum absolute atomic E-state index is 0.0491. The van der Waals surface area contributed by atoms with Crippen molar-refractivity contribution in [1.82, 2.24) is 20.2 Å². The van der Waals surface area contributed by atoms with Crippen LogP contribution in [0.4, 0.5) is 4.79 Å². The lowest BCUT2D eigenvalue weighted by atomic mass is 10.2. The van der Waals surface area contributed by atoms with E-state index < -0.39 is 5.91 Å². The van der Waals surface area contributed by atoms with Gasteiger partial charge in [-0.1, -0.05) is 23.7 Å². The van der Waals surface area contributed by atoms with Crippen LogP contribution in [0.3, 0.4) is 0 Å². The molecule has 1 aliphatic heterocycles. The molecule has 1 aliphatic rings. The summed E-state index contributed by atoms with van der Waals surface area (Å²) in [5.74, 6) is -0.609. The number of benzene rings is 1. The lowest BCUT2D eigenvalue weighted by Gasteiger charge is -2.12. The minimum Gasteiger partial charge on any atom is -0.356 e. The third kappa shape index (κ3) is 5.21. The van der Waals surface area contributed by atoms with Crippen molar-refractivity contribution in [2.45, 2.75) is 12.8 Å². The van der Waals surface area contributed by atoms with Crippen LogP contribution in [0, 0.1) is 0 Å². The van der Waals surface area contributed by atoms with Crippen LogP contribution < -0.4 is 5.32 Å². The number of aromatic nitrogens is 2. The van der Waals surface area contributed by atoms with Gasteiger partial charge in [0.2, 0.25) is 5.91 Å². The van der Waals surface area contributed by atoms with Crippen molar-refractivity contribution in [3.8, 4) is 0 Å². The minimum atomic E-state index is -0.393. The van der Waals surface area contributed by atoms with Gasteiger partial charge in [0.1, 0.15) is 0 Å². The van der Waals surface area contributed by atoms with Gasteiger partial charge in [0.15, 0.2) is 0 Å². The van der Waals surface area contributed by atoms with Crippen LogP contribution in [-0.4, -0.2) is 45.0 Å². The summed E-state index contributed by atoms with van der Waals surface area (Å²) in [7, 11) is 0. The first kappa shape index (κ1) is 19.2. The van der Waals surface area contributed by atoms with Crippen molar-refractivity contribution in [2.75, 3.05) is 13.1 Å². The van der Waals surface area contributed by atoms with Crippen molar-refractivity contribution in [3.05, 3.63) is 58.0 Å². The highest BCUT2D eigenvalue weighted by atomic mass is 35.5. The van der Waals surface area contributed by atoms with E-state index >= 15 is 0 Å². The number of aromatic amines is 1. The predicted molar refractivity (Wildman–Crippen MR) is 104 cm³/mol. The normalized spacial score (nSPS) is 15.6. The molecule has 0 bridgehead atoms. The molecular formula is C18H17ClN4O3S. The number of nitrogens with one attached hydrogen (secondary N) is 2. The second-order valence-corrected chi connectivity index (χ2v) is 7.24. The molecule has 0 spiro atoms. The van der Waals surface area contributed by atoms with Gasteiger partial charge >= 0.3 is 0 Å². The van der Waals surface area contributed by atoms with Crippen LogP contribution >= 0.6 is 23.4 Å². The van der Waals surface area contributed by atoms with Gasteiger partial charge in [-0.25, -0.2) is 4.98 Å². The van der Waals surface area contributed by atoms with Crippen molar-refractivity contribution < 1.29 is 14.4 Å². The van der Waals surface area contributed by atoms with Crippen molar-refractivity contribution in [1.29, 1.82) is 0 Å². The molecule has 2 N–H and O–H groups in total. The summed E-state index contributed by atoms with van der Waals surface area (Å²) >= 11 is 6.80. The number of amides is 3. The van der Waals surface area contributed by atoms with Gasteiger partial charge in [-0.3, -0.25) is 19.3 Å². The maximum absolute atomic E-state index is 12.4. The summed E-state index contributed by atoms with van der Waals surface area (Å²) in [5.41, 5.74) is 1.66. The van der Waals surface area contributed by atoms with E-state index in [1.54, 1.807) is 42.9 Å². The average Bonchev–Trinajstić information content (AvgIpc) is 3.23. The number of hydrogen-bond acceptors (Lipinski definition) is 5. The Kier molecular flexibility index (Phi) is 6.31. The first-order valence-corrected chi connectivity index (χ1v) is 9.47. The van der Waals surface area contributed by atoms with Crippen LogP contribution in [0.2, 0.25) is 5.02 Å². The molecule has 1 fully saturated rings. The Hall–Kier alpha value is -2.58. The number of imidazole rings is 1. The average molecular weight is 405 g/mol. The number of carbonyl (C=O) groups excluding carboxylic acids is 3. The number of nitrogens with zero attached hydrogens (tertiary/aromatic N) is 2. The molecule has 1 aromatic carbocycles. The Balaban J connectivity index is 1.50. The Labute approximate surface area is 165 Å². The summed E-state index contributed by atoms with van der Waals surface area (Å²) in [4.78, 5) is 44.7. The fraction of sp³-hybridized carbons (Fsp3) is 0.222. The van der Waals surface area contributed by atoms with Crippen LogP contribution in [0.15, 0.2) is 41.7 Å². The quantitative estimate of drug-likeness (QED) is 0.692. The molecule has 1 aromatic heterocycles. The summed E-state index contributed by atoms with van der Waals surface area (Å²) in [5, 5.41) is 2.93. The van der Waals surface area contributed by atoms with E-state index in [0.29, 0.717) is 22.9 Å². The highest BCUT2D eigenvalue weighted by Crippen LogP contribution is 2.32. The van der Waals surface area contributed by atoms with Crippen LogP contribution in [0.5, 0.6) is 0 Å². The van der Waals surface area contributed by atoms with Gasteiger partial charge < -0.3 is 10.3 Å². The Bertz CT molecular complexity index is 882. The molecule has 1 saturated heterocycles. The van der Waals surface area contributed by atoms with Crippen molar-refractivity contribution >= 4 is 46.5 Å². The highest BCUT2D eigenvalue weighted by molar-refractivity contribution is 8.18. The van der Waals surface area contributed by atoms with Crippen molar-refractivity contribution in [3.63, 3.8) is 0 Å². The maximum Gasteiger partial charge on any atom is 0.293 e. The molecule has 3 amide bonds. The van der Waals surface area contributed by atoms with Gasteiger partial charge in [-0.15, -0.1) is 0 Å². The molecule has 27 heavy (non-hydrogen) atoms. The first-order chi connectivity index (χ1) is 13.0. The van der Waals surface area contributed by atoms with E-state index in [1.165, 1.54) is 0 Å². The molecule has 2 heterocycles. The smallest absolute Gasteiger partial charge is 0.293 e. The van der Waals surface area contributed by atoms with Crippen LogP contribution in [-0.2, 0) is 16.0 Å². The largest absolute Gasteiger partial charge is 0.356 e. The van der Waals surface area contributed by atoms with E-state index in [-0.39, 0.29) is 24.1 Å². The lowest BCUT2D eigenvalue weighted by molar-refractivity contribution is -0.124. The number of thioether (sulfide) groups is 1. The zero-order valence-corrected chi connectivity index (χ0v) is 15.8. The van der Waals surface area contributed by atoms with E-state index in [1.807, 2.05) is 0 Å². The Morgan fingerprint density at radius 3 is 2.96 bits per heavy atom. The van der Waals surface area contributed by atoms with E-state index in [4.69, 9.17) is 11.6 Å². The van der Waals surface area contributed by atoms with Gasteiger partial charge in [0, 0.05) is 42.8 Å². The number of rotatable bonds is 7. The zero-order valence-electron chi connectivity index (χ0n) is 14.3. The monoisotopic (exact) mass is 404 g/mol. The second kappa shape index (κ2) is 8.88. The molecule has 0 aliphatic carbocycles. The number of H-pyrrole nitrogens is 1. The molecule has 0 radical (unpaired) electrons. The Morgan fingerprint density at radius 1 is 1.37 bits per heavy atom. The topological polar surface area (TPSA) is 95.2 Å². The number of halogens is 1. The first-order valence-electron chi connectivity index (χ1n) is 8.28. The van der Waals surface area contributed by atoms with Gasteiger partial charge in [-0.2, -0.15) is 0 Å². The maximum atomic E-state index is 12.4. The number of carbonyl (C=O) groups is 3. The fourth-order valence-corrected chi connectivity index (χ4v) is 3.56. The molecule has 0 atom stereocenters. The number of imide groups is 1. The predicted octanol–water partition coefficient (Wildman–Crippen LogP) is 2.85. The molecule has 9 heteroatoms. The van der Waals surface area contributed by atoms with Crippen LogP contribution in [0.1, 0.15) is 17.7 Å². The summed E-state index contributed by atoms with van der Waals surface area (Å²) < 4.78 is 0. The zero-order chi connectivity index (χ0) is 19.2. The lowest BCUT2D eigenvalue weighted by Crippen LogP contribution is -2.34. The number of hydrogen-bond donors (Lipinski definition) is 2. The molecule has 0 saturated carbocycles. The Morgan fingerprint density at radius 2 is 2.22 bits per heavy atom. The summed E-state index contributed by atoms with van der Waals surface area (Å²) in [6, 6.07) is 7.01. The summed E-state index contributed by atoms with van der Waals surface area (Å²) in [6.07, 6.45) is 5.59. The fourth-order valence-electron chi connectivity index (χ4n) is 2.50. The molecule has 140 valence electrons. The van der Waals surface area contributed by atoms with E-state index in [0.717, 1.165) is 27.9 Å². The molecule has 3 rings (SSSR count). The van der Waals surface area contributed by atoms with Crippen molar-refractivity contribution in [2.24, 2.45) is 0 Å². The van der Waals surface area contributed by atoms with Crippen LogP contribution in [0.25, 0.3) is 6.08 Å². The second-order valence-electron chi connectivity index (χ2n) is 5.82. The van der Waals surface area contributed by atoms with Gasteiger partial charge in [0.05, 0.1) is 11.2 Å². The highest BCUT2D eigenvalue weighted by Gasteiger charge is 2.34. The third-order valence-electron chi connectivity index (χ3n) is 3.85. The molecule has 0 unspecified atom stereocenters. The van der Waals surface area contributed by atoms with Gasteiger partial charge in [0.25, 0.3) is 11.1 Å². The SMILES string of the molecule is O=C(CCN1C(=O)SC(=Cc2cccc(Cl)c2)C1=O)NCCc1cnc[nH]1. The summed E-state index contributed by atoms with van der Waals surface area (Å²) in [6.45, 7) is 0.505. The van der Waals surface area contributed by atoms with Gasteiger partial charge in [-0.05, 0) is 35.5 Å². The standard InChI is InChI=1S/C18H17ClN4O3S/c19-13-3-1-2-12(8-13)9-15-17(25)23(18(26)27-15)7-5-16(24)21-6-4-14-10-20-11-22-14/h1-3,8-11H,4-7H2,(H,20,22)(H,21,24).